The lowest BCUT2D eigenvalue weighted by molar-refractivity contribution is -0.182. The van der Waals surface area contributed by atoms with Crippen LogP contribution < -0.4 is 0 Å². The number of piperidine rings is 1. The zero-order valence-corrected chi connectivity index (χ0v) is 9.02. The Balaban J connectivity index is 1.63. The molecular weight excluding hydrogens is 214 g/mol. The fraction of sp³-hybridized carbons (Fsp3) is 0.600. The number of fused-ring (bicyclic) bond motifs is 2. The van der Waals surface area contributed by atoms with E-state index in [0.717, 1.165) is 25.2 Å². The smallest absolute Gasteiger partial charge is 0.222 e. The molecule has 4 heterocycles. The van der Waals surface area contributed by atoms with Crippen LogP contribution in [0.2, 0.25) is 5.28 Å². The second-order valence-electron chi connectivity index (χ2n) is 4.17. The Labute approximate surface area is 93.2 Å². The van der Waals surface area contributed by atoms with Gasteiger partial charge < -0.3 is 4.74 Å². The Bertz CT molecular complexity index is 340. The van der Waals surface area contributed by atoms with Crippen molar-refractivity contribution in [2.75, 3.05) is 13.1 Å². The molecule has 2 bridgehead atoms. The molecule has 3 aliphatic rings. The van der Waals surface area contributed by atoms with Crippen LogP contribution in [0.25, 0.3) is 0 Å². The van der Waals surface area contributed by atoms with E-state index in [0.29, 0.717) is 17.5 Å². The first-order chi connectivity index (χ1) is 7.29. The predicted molar refractivity (Wildman–Crippen MR) is 55.6 cm³/mol. The lowest BCUT2D eigenvalue weighted by atomic mass is 9.98. The van der Waals surface area contributed by atoms with Crippen LogP contribution in [-0.2, 0) is 11.3 Å². The average Bonchev–Trinajstić information content (AvgIpc) is 2.21. The Morgan fingerprint density at radius 1 is 1.33 bits per heavy atom. The van der Waals surface area contributed by atoms with Gasteiger partial charge in [0.1, 0.15) is 0 Å². The summed E-state index contributed by atoms with van der Waals surface area (Å²) in [6, 6.07) is 0. The van der Waals surface area contributed by atoms with Crippen LogP contribution >= 0.6 is 11.6 Å². The fourth-order valence-electron chi connectivity index (χ4n) is 2.25. The SMILES string of the molecule is Clc1ncc(CN2CC3CC(C2)O3)cn1. The van der Waals surface area contributed by atoms with Crippen LogP contribution in [-0.4, -0.2) is 40.2 Å². The molecule has 0 radical (unpaired) electrons. The van der Waals surface area contributed by atoms with Gasteiger partial charge in [-0.2, -0.15) is 0 Å². The van der Waals surface area contributed by atoms with Crippen molar-refractivity contribution in [3.63, 3.8) is 0 Å². The summed E-state index contributed by atoms with van der Waals surface area (Å²) in [5.74, 6) is 0. The van der Waals surface area contributed by atoms with E-state index < -0.39 is 0 Å². The van der Waals surface area contributed by atoms with Gasteiger partial charge >= 0.3 is 0 Å². The molecule has 0 amide bonds. The van der Waals surface area contributed by atoms with Crippen molar-refractivity contribution >= 4 is 11.6 Å². The van der Waals surface area contributed by atoms with Gasteiger partial charge in [0.25, 0.3) is 0 Å². The molecular formula is C10H12ClN3O. The first kappa shape index (κ1) is 9.51. The molecule has 0 aromatic carbocycles. The molecule has 4 nitrogen and oxygen atoms in total. The molecule has 3 fully saturated rings. The van der Waals surface area contributed by atoms with Crippen molar-refractivity contribution in [3.8, 4) is 0 Å². The normalized spacial score (nSPS) is 29.9. The summed E-state index contributed by atoms with van der Waals surface area (Å²) in [6.45, 7) is 2.95. The maximum absolute atomic E-state index is 5.63. The predicted octanol–water partition coefficient (Wildman–Crippen LogP) is 1.10. The molecule has 80 valence electrons. The molecule has 4 rings (SSSR count). The largest absolute Gasteiger partial charge is 0.372 e. The van der Waals surface area contributed by atoms with Gasteiger partial charge in [0.2, 0.25) is 5.28 Å². The summed E-state index contributed by atoms with van der Waals surface area (Å²) in [5.41, 5.74) is 1.11. The minimum atomic E-state index is 0.309. The van der Waals surface area contributed by atoms with Crippen molar-refractivity contribution in [2.24, 2.45) is 0 Å². The van der Waals surface area contributed by atoms with E-state index in [2.05, 4.69) is 14.9 Å². The molecule has 5 heteroatoms. The topological polar surface area (TPSA) is 38.2 Å². The van der Waals surface area contributed by atoms with Gasteiger partial charge in [-0.3, -0.25) is 4.90 Å². The van der Waals surface area contributed by atoms with Gasteiger partial charge in [-0.05, 0) is 11.6 Å². The summed E-state index contributed by atoms with van der Waals surface area (Å²) >= 11 is 5.63. The van der Waals surface area contributed by atoms with Gasteiger partial charge in [0, 0.05) is 44.0 Å². The summed E-state index contributed by atoms with van der Waals surface area (Å²) in [6.07, 6.45) is 5.72. The summed E-state index contributed by atoms with van der Waals surface area (Å²) in [7, 11) is 0. The Kier molecular flexibility index (Phi) is 2.35. The van der Waals surface area contributed by atoms with E-state index in [9.17, 15) is 0 Å². The summed E-state index contributed by atoms with van der Waals surface area (Å²) < 4.78 is 5.57. The molecule has 0 spiro atoms. The van der Waals surface area contributed by atoms with Crippen LogP contribution in [0, 0.1) is 0 Å². The zero-order chi connectivity index (χ0) is 10.3. The van der Waals surface area contributed by atoms with Gasteiger partial charge in [0.05, 0.1) is 12.2 Å². The van der Waals surface area contributed by atoms with Crippen LogP contribution in [0.4, 0.5) is 0 Å². The van der Waals surface area contributed by atoms with Gasteiger partial charge in [-0.15, -0.1) is 0 Å². The highest BCUT2D eigenvalue weighted by molar-refractivity contribution is 6.28. The van der Waals surface area contributed by atoms with Crippen molar-refractivity contribution < 1.29 is 4.74 Å². The van der Waals surface area contributed by atoms with Crippen LogP contribution in [0.3, 0.4) is 0 Å². The molecule has 1 aromatic heterocycles. The highest BCUT2D eigenvalue weighted by Crippen LogP contribution is 2.28. The Morgan fingerprint density at radius 2 is 1.93 bits per heavy atom. The van der Waals surface area contributed by atoms with Gasteiger partial charge in [-0.25, -0.2) is 9.97 Å². The second-order valence-corrected chi connectivity index (χ2v) is 4.51. The lowest BCUT2D eigenvalue weighted by Gasteiger charge is -2.47. The number of hydrogen-bond donors (Lipinski definition) is 0. The van der Waals surface area contributed by atoms with Crippen LogP contribution in [0.15, 0.2) is 12.4 Å². The van der Waals surface area contributed by atoms with Crippen LogP contribution in [0.1, 0.15) is 12.0 Å². The number of rotatable bonds is 2. The van der Waals surface area contributed by atoms with Crippen LogP contribution in [0.5, 0.6) is 0 Å². The van der Waals surface area contributed by atoms with Crippen molar-refractivity contribution in [1.29, 1.82) is 0 Å². The van der Waals surface area contributed by atoms with Gasteiger partial charge in [-0.1, -0.05) is 0 Å². The molecule has 1 aromatic rings. The first-order valence-electron chi connectivity index (χ1n) is 5.14. The third-order valence-corrected chi connectivity index (χ3v) is 3.11. The monoisotopic (exact) mass is 225 g/mol. The molecule has 2 unspecified atom stereocenters. The standard InChI is InChI=1S/C10H12ClN3O/c11-10-12-2-7(3-13-10)4-14-5-8-1-9(6-14)15-8/h2-3,8-9H,1,4-6H2. The first-order valence-corrected chi connectivity index (χ1v) is 5.51. The number of morpholine rings is 1. The molecule has 15 heavy (non-hydrogen) atoms. The molecule has 3 aliphatic heterocycles. The van der Waals surface area contributed by atoms with E-state index in [1.807, 2.05) is 0 Å². The van der Waals surface area contributed by atoms with E-state index in [-0.39, 0.29) is 0 Å². The summed E-state index contributed by atoms with van der Waals surface area (Å²) in [5, 5.41) is 0.309. The van der Waals surface area contributed by atoms with Gasteiger partial charge in [0.15, 0.2) is 0 Å². The van der Waals surface area contributed by atoms with E-state index in [1.165, 1.54) is 6.42 Å². The zero-order valence-electron chi connectivity index (χ0n) is 8.27. The quantitative estimate of drug-likeness (QED) is 0.707. The number of aromatic nitrogens is 2. The molecule has 0 N–H and O–H groups in total. The maximum Gasteiger partial charge on any atom is 0.222 e. The molecule has 0 saturated carbocycles. The molecule has 2 atom stereocenters. The van der Waals surface area contributed by atoms with E-state index in [1.54, 1.807) is 12.4 Å². The summed E-state index contributed by atoms with van der Waals surface area (Å²) in [4.78, 5) is 10.3. The third-order valence-electron chi connectivity index (χ3n) is 2.91. The Morgan fingerprint density at radius 3 is 2.53 bits per heavy atom. The number of nitrogens with zero attached hydrogens (tertiary/aromatic N) is 3. The minimum Gasteiger partial charge on any atom is -0.372 e. The molecule has 3 saturated heterocycles. The van der Waals surface area contributed by atoms with Crippen molar-refractivity contribution in [3.05, 3.63) is 23.2 Å². The number of hydrogen-bond acceptors (Lipinski definition) is 4. The van der Waals surface area contributed by atoms with E-state index >= 15 is 0 Å². The van der Waals surface area contributed by atoms with Crippen molar-refractivity contribution in [1.82, 2.24) is 14.9 Å². The fourth-order valence-corrected chi connectivity index (χ4v) is 2.35. The Hall–Kier alpha value is -0.710. The minimum absolute atomic E-state index is 0.309. The van der Waals surface area contributed by atoms with Crippen molar-refractivity contribution in [2.45, 2.75) is 25.2 Å². The third kappa shape index (κ3) is 1.97. The lowest BCUT2D eigenvalue weighted by Crippen LogP contribution is -2.56. The highest BCUT2D eigenvalue weighted by atomic mass is 35.5. The average molecular weight is 226 g/mol. The number of halogens is 1. The molecule has 0 aliphatic carbocycles. The maximum atomic E-state index is 5.63. The number of ether oxygens (including phenoxy) is 1. The second kappa shape index (κ2) is 3.70. The highest BCUT2D eigenvalue weighted by Gasteiger charge is 2.37. The van der Waals surface area contributed by atoms with E-state index in [4.69, 9.17) is 16.3 Å².